The van der Waals surface area contributed by atoms with E-state index in [1.165, 1.54) is 0 Å². The SMILES string of the molecule is Cc1ccc(CNC(=O)c2cc([N+](=O)[O-])cnc2Cl)o1. The molecule has 0 unspecified atom stereocenters. The maximum Gasteiger partial charge on any atom is 0.288 e. The lowest BCUT2D eigenvalue weighted by atomic mass is 10.2. The van der Waals surface area contributed by atoms with E-state index in [0.717, 1.165) is 18.0 Å². The molecule has 8 heteroatoms. The predicted molar refractivity (Wildman–Crippen MR) is 70.5 cm³/mol. The molecule has 0 saturated heterocycles. The Morgan fingerprint density at radius 2 is 2.30 bits per heavy atom. The summed E-state index contributed by atoms with van der Waals surface area (Å²) in [5.41, 5.74) is -0.350. The number of nitrogens with one attached hydrogen (secondary N) is 1. The van der Waals surface area contributed by atoms with Crippen LogP contribution in [0.1, 0.15) is 21.9 Å². The van der Waals surface area contributed by atoms with E-state index < -0.39 is 10.8 Å². The molecule has 0 aliphatic heterocycles. The van der Waals surface area contributed by atoms with Crippen molar-refractivity contribution >= 4 is 23.2 Å². The van der Waals surface area contributed by atoms with Gasteiger partial charge < -0.3 is 9.73 Å². The van der Waals surface area contributed by atoms with Crippen molar-refractivity contribution in [2.45, 2.75) is 13.5 Å². The summed E-state index contributed by atoms with van der Waals surface area (Å²) in [6.45, 7) is 1.94. The van der Waals surface area contributed by atoms with Crippen molar-refractivity contribution in [2.24, 2.45) is 0 Å². The average Bonchev–Trinajstić information content (AvgIpc) is 2.82. The molecule has 0 fully saturated rings. The Kier molecular flexibility index (Phi) is 3.99. The summed E-state index contributed by atoms with van der Waals surface area (Å²) in [5, 5.41) is 13.1. The molecular weight excluding hydrogens is 286 g/mol. The van der Waals surface area contributed by atoms with Gasteiger partial charge in [-0.05, 0) is 19.1 Å². The van der Waals surface area contributed by atoms with Crippen molar-refractivity contribution in [2.75, 3.05) is 0 Å². The number of aromatic nitrogens is 1. The number of nitrogens with zero attached hydrogens (tertiary/aromatic N) is 2. The first-order valence-electron chi connectivity index (χ1n) is 5.61. The van der Waals surface area contributed by atoms with Gasteiger partial charge in [-0.15, -0.1) is 0 Å². The Labute approximate surface area is 118 Å². The normalized spacial score (nSPS) is 10.3. The molecule has 104 valence electrons. The summed E-state index contributed by atoms with van der Waals surface area (Å²) in [6, 6.07) is 4.57. The minimum atomic E-state index is -0.643. The Morgan fingerprint density at radius 3 is 2.90 bits per heavy atom. The van der Waals surface area contributed by atoms with Crippen LogP contribution in [0, 0.1) is 17.0 Å². The monoisotopic (exact) mass is 295 g/mol. The topological polar surface area (TPSA) is 98.3 Å². The molecule has 0 atom stereocenters. The van der Waals surface area contributed by atoms with Gasteiger partial charge in [0.1, 0.15) is 22.9 Å². The van der Waals surface area contributed by atoms with Crippen LogP contribution in [0.3, 0.4) is 0 Å². The number of carbonyl (C=O) groups excluding carboxylic acids is 1. The third-order valence-electron chi connectivity index (χ3n) is 2.50. The third-order valence-corrected chi connectivity index (χ3v) is 2.80. The number of halogens is 1. The molecule has 2 aromatic rings. The fourth-order valence-electron chi connectivity index (χ4n) is 1.54. The number of amides is 1. The summed E-state index contributed by atoms with van der Waals surface area (Å²) in [7, 11) is 0. The van der Waals surface area contributed by atoms with Gasteiger partial charge >= 0.3 is 0 Å². The zero-order valence-corrected chi connectivity index (χ0v) is 11.2. The van der Waals surface area contributed by atoms with Crippen LogP contribution in [0.25, 0.3) is 0 Å². The van der Waals surface area contributed by atoms with Crippen molar-refractivity contribution < 1.29 is 14.1 Å². The smallest absolute Gasteiger partial charge is 0.288 e. The molecule has 0 spiro atoms. The highest BCUT2D eigenvalue weighted by Gasteiger charge is 2.17. The molecule has 0 saturated carbocycles. The van der Waals surface area contributed by atoms with Gasteiger partial charge in [0.25, 0.3) is 11.6 Å². The lowest BCUT2D eigenvalue weighted by Gasteiger charge is -2.04. The molecule has 7 nitrogen and oxygen atoms in total. The highest BCUT2D eigenvalue weighted by molar-refractivity contribution is 6.32. The van der Waals surface area contributed by atoms with Crippen LogP contribution in [0.5, 0.6) is 0 Å². The molecule has 0 aromatic carbocycles. The lowest BCUT2D eigenvalue weighted by Crippen LogP contribution is -2.23. The minimum Gasteiger partial charge on any atom is -0.465 e. The first-order chi connectivity index (χ1) is 9.47. The Hall–Kier alpha value is -2.41. The van der Waals surface area contributed by atoms with Crippen molar-refractivity contribution in [3.63, 3.8) is 0 Å². The molecule has 0 bridgehead atoms. The van der Waals surface area contributed by atoms with E-state index in [2.05, 4.69) is 10.3 Å². The number of pyridine rings is 1. The first kappa shape index (κ1) is 14.0. The highest BCUT2D eigenvalue weighted by atomic mass is 35.5. The standard InChI is InChI=1S/C12H10ClN3O4/c1-7-2-3-9(20-7)6-15-12(17)10-4-8(16(18)19)5-14-11(10)13/h2-5H,6H2,1H3,(H,15,17). The zero-order chi connectivity index (χ0) is 14.7. The second-order valence-corrected chi connectivity index (χ2v) is 4.34. The largest absolute Gasteiger partial charge is 0.465 e. The van der Waals surface area contributed by atoms with Gasteiger partial charge in [0, 0.05) is 6.07 Å². The Morgan fingerprint density at radius 1 is 1.55 bits per heavy atom. The maximum absolute atomic E-state index is 11.9. The molecule has 1 N–H and O–H groups in total. The van der Waals surface area contributed by atoms with Gasteiger partial charge in [-0.2, -0.15) is 0 Å². The molecular formula is C12H10ClN3O4. The fourth-order valence-corrected chi connectivity index (χ4v) is 1.73. The van der Waals surface area contributed by atoms with Gasteiger partial charge in [0.2, 0.25) is 0 Å². The number of furan rings is 1. The van der Waals surface area contributed by atoms with Crippen LogP contribution >= 0.6 is 11.6 Å². The van der Waals surface area contributed by atoms with Crippen molar-refractivity contribution in [3.8, 4) is 0 Å². The van der Waals surface area contributed by atoms with E-state index in [0.29, 0.717) is 5.76 Å². The van der Waals surface area contributed by atoms with Crippen LogP contribution in [0.4, 0.5) is 5.69 Å². The van der Waals surface area contributed by atoms with Gasteiger partial charge in [0.05, 0.1) is 17.0 Å². The van der Waals surface area contributed by atoms with Gasteiger partial charge in [-0.25, -0.2) is 4.98 Å². The van der Waals surface area contributed by atoms with Crippen molar-refractivity contribution in [3.05, 3.63) is 56.7 Å². The van der Waals surface area contributed by atoms with Crippen LogP contribution < -0.4 is 5.32 Å². The highest BCUT2D eigenvalue weighted by Crippen LogP contribution is 2.19. The Balaban J connectivity index is 2.12. The second kappa shape index (κ2) is 5.70. The molecule has 20 heavy (non-hydrogen) atoms. The summed E-state index contributed by atoms with van der Waals surface area (Å²) in [6.07, 6.45) is 0.995. The zero-order valence-electron chi connectivity index (χ0n) is 10.4. The Bertz CT molecular complexity index is 668. The van der Waals surface area contributed by atoms with Crippen LogP contribution in [0.2, 0.25) is 5.15 Å². The maximum atomic E-state index is 11.9. The van der Waals surface area contributed by atoms with E-state index in [1.54, 1.807) is 19.1 Å². The molecule has 0 aliphatic rings. The molecule has 2 heterocycles. The summed E-state index contributed by atoms with van der Waals surface area (Å²) < 4.78 is 5.29. The summed E-state index contributed by atoms with van der Waals surface area (Å²) in [4.78, 5) is 25.5. The van der Waals surface area contributed by atoms with Gasteiger partial charge in [-0.1, -0.05) is 11.6 Å². The van der Waals surface area contributed by atoms with E-state index in [9.17, 15) is 14.9 Å². The molecule has 2 rings (SSSR count). The number of carbonyl (C=O) groups is 1. The summed E-state index contributed by atoms with van der Waals surface area (Å²) >= 11 is 5.76. The number of hydrogen-bond acceptors (Lipinski definition) is 5. The van der Waals surface area contributed by atoms with Crippen LogP contribution in [0.15, 0.2) is 28.8 Å². The molecule has 0 aliphatic carbocycles. The van der Waals surface area contributed by atoms with Gasteiger partial charge in [0.15, 0.2) is 0 Å². The average molecular weight is 296 g/mol. The minimum absolute atomic E-state index is 0.0517. The summed E-state index contributed by atoms with van der Waals surface area (Å²) in [5.74, 6) is 0.745. The lowest BCUT2D eigenvalue weighted by molar-refractivity contribution is -0.385. The van der Waals surface area contributed by atoms with Gasteiger partial charge in [-0.3, -0.25) is 14.9 Å². The number of nitro groups is 1. The van der Waals surface area contributed by atoms with Crippen molar-refractivity contribution in [1.29, 1.82) is 0 Å². The predicted octanol–water partition coefficient (Wildman–Crippen LogP) is 2.47. The van der Waals surface area contributed by atoms with Crippen LogP contribution in [-0.2, 0) is 6.54 Å². The second-order valence-electron chi connectivity index (χ2n) is 3.98. The molecule has 0 radical (unpaired) electrons. The van der Waals surface area contributed by atoms with E-state index >= 15 is 0 Å². The van der Waals surface area contributed by atoms with E-state index in [-0.39, 0.29) is 22.9 Å². The first-order valence-corrected chi connectivity index (χ1v) is 5.98. The third kappa shape index (κ3) is 3.12. The van der Waals surface area contributed by atoms with Crippen molar-refractivity contribution in [1.82, 2.24) is 10.3 Å². The van der Waals surface area contributed by atoms with E-state index in [4.69, 9.17) is 16.0 Å². The quantitative estimate of drug-likeness (QED) is 0.531. The van der Waals surface area contributed by atoms with E-state index in [1.807, 2.05) is 0 Å². The number of hydrogen-bond donors (Lipinski definition) is 1. The molecule has 1 amide bonds. The molecule has 2 aromatic heterocycles. The van der Waals surface area contributed by atoms with Crippen LogP contribution in [-0.4, -0.2) is 15.8 Å². The fraction of sp³-hybridized carbons (Fsp3) is 0.167. The number of aryl methyl sites for hydroxylation is 1. The number of rotatable bonds is 4.